The number of hydrogen-bond donors (Lipinski definition) is 18. The van der Waals surface area contributed by atoms with Crippen LogP contribution in [0, 0.1) is 57.5 Å². The van der Waals surface area contributed by atoms with Crippen LogP contribution in [0.2, 0.25) is 45.2 Å². The summed E-state index contributed by atoms with van der Waals surface area (Å²) in [5.41, 5.74) is -0.538. The molecule has 57 heteroatoms. The molecule has 0 radical (unpaired) electrons. The van der Waals surface area contributed by atoms with Gasteiger partial charge in [-0.05, 0) is 153 Å². The number of hydrogen-bond acceptors (Lipinski definition) is 32. The second-order valence-electron chi connectivity index (χ2n) is 27.4. The lowest BCUT2D eigenvalue weighted by Gasteiger charge is -2.12. The van der Waals surface area contributed by atoms with Gasteiger partial charge in [-0.2, -0.15) is 0 Å². The normalized spacial score (nSPS) is 10.2. The number of aryl methyl sites for hydroxylation is 1. The number of nitrogens with one attached hydrogen (secondary N) is 4. The summed E-state index contributed by atoms with van der Waals surface area (Å²) in [6, 6.07) is 51.6. The average Bonchev–Trinajstić information content (AvgIpc) is 0.808. The molecule has 18 N–H and O–H groups in total. The maximum atomic E-state index is 12.3. The van der Waals surface area contributed by atoms with Crippen molar-refractivity contribution in [2.24, 2.45) is 0 Å². The first-order valence-electron chi connectivity index (χ1n) is 37.8. The van der Waals surface area contributed by atoms with Crippen molar-refractivity contribution in [1.29, 1.82) is 0 Å². The van der Waals surface area contributed by atoms with Crippen LogP contribution in [0.4, 0.5) is 51.2 Å². The Bertz CT molecular complexity index is 6380. The second kappa shape index (κ2) is 51.8. The SMILES string of the molecule is Cc1ccc(B(O)O)cc1NC(=O)c1c(Cl)cccc1Cl.O=C(Nc1cc(B(O)O)cc([N+](=O)[O-])c1)c1c(Cl)cccc1Cl.O=C(Nc1cc(B(O)O)cc([N+](=O)[O-])c1)c1ccccc1.O=C(Nc1cc(B(O)O)ccc1Cl)c1c(Cl)cccc1Cl.O=C(OCc1cccc(B(O)O)c1)c1cc(B(O)O)cc([N+](=O)[O-])c1.O=C(Oc1c(Cl)cc(Cl)cc1[N+](=O)[O-])c1cc(B(O)O)cc([N+](=O)[O-])c1. The van der Waals surface area contributed by atoms with Gasteiger partial charge in [0.1, 0.15) is 6.61 Å². The average molecular weight is 2060 g/mol. The lowest BCUT2D eigenvalue weighted by atomic mass is 9.79. The van der Waals surface area contributed by atoms with Crippen molar-refractivity contribution < 1.29 is 133 Å². The molecule has 0 fully saturated rings. The molecule has 12 aromatic rings. The number of non-ortho nitro benzene ring substituents is 4. The third-order valence-corrected chi connectivity index (χ3v) is 20.5. The van der Waals surface area contributed by atoms with Gasteiger partial charge in [0.2, 0.25) is 5.75 Å². The van der Waals surface area contributed by atoms with Gasteiger partial charge in [0.05, 0.1) is 98.3 Å². The van der Waals surface area contributed by atoms with Crippen molar-refractivity contribution in [2.45, 2.75) is 13.5 Å². The van der Waals surface area contributed by atoms with Crippen LogP contribution in [0.25, 0.3) is 0 Å². The molecule has 137 heavy (non-hydrogen) atoms. The van der Waals surface area contributed by atoms with Crippen LogP contribution in [0.3, 0.4) is 0 Å². The third kappa shape index (κ3) is 32.9. The van der Waals surface area contributed by atoms with E-state index in [4.69, 9.17) is 154 Å². The van der Waals surface area contributed by atoms with Gasteiger partial charge in [0.25, 0.3) is 46.4 Å². The van der Waals surface area contributed by atoms with Crippen LogP contribution in [0.1, 0.15) is 73.3 Å². The number of amides is 4. The van der Waals surface area contributed by atoms with E-state index < -0.39 is 144 Å². The van der Waals surface area contributed by atoms with Crippen LogP contribution in [-0.2, 0) is 11.3 Å². The lowest BCUT2D eigenvalue weighted by Crippen LogP contribution is -2.31. The van der Waals surface area contributed by atoms with Gasteiger partial charge in [-0.15, -0.1) is 0 Å². The Morgan fingerprint density at radius 3 is 1.06 bits per heavy atom. The minimum atomic E-state index is -2.09. The molecule has 0 aliphatic heterocycles. The summed E-state index contributed by atoms with van der Waals surface area (Å²) in [5, 5.41) is 194. The number of halogens is 9. The Morgan fingerprint density at radius 2 is 0.657 bits per heavy atom. The summed E-state index contributed by atoms with van der Waals surface area (Å²) in [4.78, 5) is 124. The molecule has 0 heterocycles. The van der Waals surface area contributed by atoms with E-state index in [9.17, 15) is 109 Å². The summed E-state index contributed by atoms with van der Waals surface area (Å²) in [7, 11) is -12.8. The third-order valence-electron chi connectivity index (χ3n) is 17.7. The molecule has 0 bridgehead atoms. The highest BCUT2D eigenvalue weighted by molar-refractivity contribution is 6.62. The number of esters is 2. The Kier molecular flexibility index (Phi) is 41.9. The van der Waals surface area contributed by atoms with Crippen LogP contribution in [0.5, 0.6) is 5.75 Å². The number of benzene rings is 12. The van der Waals surface area contributed by atoms with Crippen molar-refractivity contribution >= 4 is 279 Å². The molecule has 0 saturated heterocycles. The molecule has 702 valence electrons. The molecule has 0 spiro atoms. The Morgan fingerprint density at radius 1 is 0.307 bits per heavy atom. The monoisotopic (exact) mass is 2050 g/mol. The van der Waals surface area contributed by atoms with Gasteiger partial charge in [-0.25, -0.2) is 9.59 Å². The minimum Gasteiger partial charge on any atom is -0.457 e. The molecule has 0 atom stereocenters. The fourth-order valence-electron chi connectivity index (χ4n) is 11.2. The molecule has 4 amide bonds. The number of anilines is 4. The highest BCUT2D eigenvalue weighted by atomic mass is 35.5. The smallest absolute Gasteiger partial charge is 0.457 e. The van der Waals surface area contributed by atoms with E-state index in [-0.39, 0.29) is 135 Å². The lowest BCUT2D eigenvalue weighted by molar-refractivity contribution is -0.385. The molecule has 12 aromatic carbocycles. The van der Waals surface area contributed by atoms with Crippen molar-refractivity contribution in [2.75, 3.05) is 21.3 Å². The zero-order chi connectivity index (χ0) is 102. The first-order chi connectivity index (χ1) is 64.4. The molecule has 0 aliphatic rings. The predicted molar refractivity (Wildman–Crippen MR) is 515 cm³/mol. The summed E-state index contributed by atoms with van der Waals surface area (Å²) < 4.78 is 9.92. The van der Waals surface area contributed by atoms with Crippen molar-refractivity contribution in [1.82, 2.24) is 0 Å². The molecular formula is C80H61B7Cl9N9O32. The van der Waals surface area contributed by atoms with Gasteiger partial charge >= 0.3 is 67.5 Å². The van der Waals surface area contributed by atoms with Gasteiger partial charge < -0.3 is 101 Å². The topological polar surface area (TPSA) is 668 Å². The first kappa shape index (κ1) is 111. The molecular weight excluding hydrogens is 1990 g/mol. The summed E-state index contributed by atoms with van der Waals surface area (Å²) >= 11 is 53.2. The van der Waals surface area contributed by atoms with Gasteiger partial charge in [0, 0.05) is 82.2 Å². The van der Waals surface area contributed by atoms with Crippen LogP contribution in [-0.4, -0.2) is 180 Å². The standard InChI is InChI=1S/C14H13B2NO8.C14H12BCl2NO3.C13H9BCl3NO3.C13H7BCl2N2O8.C13H9BCl2N2O5.C13H11BN2O5/c18-14(25-8-9-2-1-3-11(4-9)15(19)20)10-5-12(16(21)22)7-13(6-10)17(23)24;1-8-5-6-9(15(20)21)7-12(8)18-14(19)13-10(16)3-2-4-11(13)17;15-8-5-4-7(14(20)21)6-11(8)18-13(19)12-9(16)2-1-3-10(12)17;15-8-4-10(16)12(11(5-8)18(24)25)26-13(19)6-1-7(14(20)21)3-9(2-6)17(22)23;15-10-2-1-3-11(16)12(10)13(19)17-8-4-7(14(20)21)5-9(6-8)18(22)23;17-13(9-4-2-1-3-5-9)15-11-6-10(14(18)19)7-12(8-11)16(20)21/h1-7,19-22H,8H2;2-7,20-21H,1H3,(H,18,19);1-6,20-21H,(H,18,19);1-5,20-21H;1-6,20-21H,(H,17,19);1-8,18-19H,(H,15,17). The summed E-state index contributed by atoms with van der Waals surface area (Å²) in [6.07, 6.45) is 0. The van der Waals surface area contributed by atoms with Crippen LogP contribution < -0.4 is 64.2 Å². The molecule has 0 aromatic heterocycles. The molecule has 0 saturated carbocycles. The largest absolute Gasteiger partial charge is 0.488 e. The van der Waals surface area contributed by atoms with Crippen LogP contribution in [0.15, 0.2) is 231 Å². The van der Waals surface area contributed by atoms with E-state index in [0.29, 0.717) is 16.8 Å². The number of carbonyl (C=O) groups is 6. The number of nitrogens with zero attached hydrogens (tertiary/aromatic N) is 5. The molecule has 12 rings (SSSR count). The fourth-order valence-corrected chi connectivity index (χ4v) is 13.6. The number of rotatable bonds is 25. The van der Waals surface area contributed by atoms with E-state index >= 15 is 0 Å². The quantitative estimate of drug-likeness (QED) is 0.00884. The zero-order valence-corrected chi connectivity index (χ0v) is 75.7. The Labute approximate surface area is 818 Å². The number of carbonyl (C=O) groups excluding carboxylic acids is 6. The molecule has 0 unspecified atom stereocenters. The van der Waals surface area contributed by atoms with E-state index in [1.165, 1.54) is 72.8 Å². The van der Waals surface area contributed by atoms with Gasteiger partial charge in [0.15, 0.2) is 0 Å². The number of nitro benzene ring substituents is 5. The van der Waals surface area contributed by atoms with Crippen molar-refractivity contribution in [3.05, 3.63) is 371 Å². The van der Waals surface area contributed by atoms with E-state index in [1.54, 1.807) is 91.9 Å². The first-order valence-corrected chi connectivity index (χ1v) is 41.2. The van der Waals surface area contributed by atoms with Gasteiger partial charge in [-0.1, -0.05) is 183 Å². The Hall–Kier alpha value is -13.0. The zero-order valence-electron chi connectivity index (χ0n) is 68.9. The van der Waals surface area contributed by atoms with Crippen molar-refractivity contribution in [3.8, 4) is 5.75 Å². The number of ether oxygens (including phenoxy) is 2. The maximum Gasteiger partial charge on any atom is 0.488 e. The molecule has 41 nitrogen and oxygen atoms in total. The maximum absolute atomic E-state index is 12.3. The minimum absolute atomic E-state index is 0.00304. The summed E-state index contributed by atoms with van der Waals surface area (Å²) in [6.45, 7) is 1.58. The van der Waals surface area contributed by atoms with E-state index in [0.717, 1.165) is 78.4 Å². The predicted octanol–water partition coefficient (Wildman–Crippen LogP) is 7.19. The van der Waals surface area contributed by atoms with E-state index in [1.807, 2.05) is 0 Å². The summed E-state index contributed by atoms with van der Waals surface area (Å²) in [5.74, 6) is -4.88. The van der Waals surface area contributed by atoms with E-state index in [2.05, 4.69) is 21.3 Å². The highest BCUT2D eigenvalue weighted by Gasteiger charge is 2.30. The van der Waals surface area contributed by atoms with Crippen molar-refractivity contribution in [3.63, 3.8) is 0 Å². The Balaban J connectivity index is 0.000000224. The van der Waals surface area contributed by atoms with Crippen LogP contribution >= 0.6 is 104 Å². The molecule has 0 aliphatic carbocycles. The number of nitro groups is 5. The highest BCUT2D eigenvalue weighted by Crippen LogP contribution is 2.39. The second-order valence-corrected chi connectivity index (χ2v) is 31.1. The van der Waals surface area contributed by atoms with Gasteiger partial charge in [-0.3, -0.25) is 69.7 Å². The fraction of sp³-hybridized carbons (Fsp3) is 0.0250.